The van der Waals surface area contributed by atoms with E-state index >= 15 is 0 Å². The fourth-order valence-corrected chi connectivity index (χ4v) is 3.41. The van der Waals surface area contributed by atoms with E-state index in [-0.39, 0.29) is 24.5 Å². The van der Waals surface area contributed by atoms with Crippen LogP contribution in [0, 0.1) is 6.92 Å². The summed E-state index contributed by atoms with van der Waals surface area (Å²) in [5.41, 5.74) is 0.187. The van der Waals surface area contributed by atoms with Crippen LogP contribution in [0.15, 0.2) is 34.3 Å². The van der Waals surface area contributed by atoms with Gasteiger partial charge in [0.05, 0.1) is 10.9 Å². The van der Waals surface area contributed by atoms with E-state index in [1.54, 1.807) is 32.9 Å². The molecule has 10 nitrogen and oxygen atoms in total. The first-order valence-corrected chi connectivity index (χ1v) is 10.5. The lowest BCUT2D eigenvalue weighted by Gasteiger charge is -2.38. The molecule has 1 fully saturated rings. The van der Waals surface area contributed by atoms with E-state index in [9.17, 15) is 23.1 Å². The number of rotatable bonds is 4. The Morgan fingerprint density at radius 2 is 1.86 bits per heavy atom. The third kappa shape index (κ3) is 6.34. The van der Waals surface area contributed by atoms with Crippen molar-refractivity contribution in [2.75, 3.05) is 19.6 Å². The predicted molar refractivity (Wildman–Crippen MR) is 106 cm³/mol. The minimum atomic E-state index is -3.89. The maximum Gasteiger partial charge on any atom is 0.410 e. The molecule has 1 saturated heterocycles. The van der Waals surface area contributed by atoms with Crippen LogP contribution >= 0.6 is 0 Å². The highest BCUT2D eigenvalue weighted by Crippen LogP contribution is 2.16. The minimum Gasteiger partial charge on any atom is -0.465 e. The van der Waals surface area contributed by atoms with E-state index in [1.807, 2.05) is 6.92 Å². The second-order valence-electron chi connectivity index (χ2n) is 7.66. The van der Waals surface area contributed by atoms with Crippen LogP contribution in [0.3, 0.4) is 0 Å². The topological polar surface area (TPSA) is 129 Å². The van der Waals surface area contributed by atoms with Gasteiger partial charge in [-0.15, -0.1) is 0 Å². The molecular formula is C18H26N4O6S. The molecule has 1 atom stereocenters. The number of benzene rings is 1. The first-order chi connectivity index (χ1) is 13.4. The molecule has 1 heterocycles. The lowest BCUT2D eigenvalue weighted by atomic mass is 10.2. The van der Waals surface area contributed by atoms with Gasteiger partial charge in [0.25, 0.3) is 10.0 Å². The standard InChI is InChI=1S/C18H26N4O6S/c1-13-5-7-15(8-6-13)29(26,27)20-19-11-14-12-21(16(23)24)9-10-22(14)17(25)28-18(2,3)4/h5-8,11,14,20H,9-10,12H2,1-4H3,(H,23,24). The van der Waals surface area contributed by atoms with Crippen molar-refractivity contribution in [1.82, 2.24) is 14.6 Å². The van der Waals surface area contributed by atoms with Gasteiger partial charge in [0, 0.05) is 25.8 Å². The highest BCUT2D eigenvalue weighted by Gasteiger charge is 2.34. The summed E-state index contributed by atoms with van der Waals surface area (Å²) in [6, 6.07) is 5.44. The average molecular weight is 426 g/mol. The summed E-state index contributed by atoms with van der Waals surface area (Å²) >= 11 is 0. The van der Waals surface area contributed by atoms with E-state index < -0.39 is 33.9 Å². The molecule has 0 saturated carbocycles. The minimum absolute atomic E-state index is 0.0417. The number of hydrazone groups is 1. The van der Waals surface area contributed by atoms with Crippen molar-refractivity contribution in [3.63, 3.8) is 0 Å². The summed E-state index contributed by atoms with van der Waals surface area (Å²) in [7, 11) is -3.89. The number of piperazine rings is 1. The molecule has 11 heteroatoms. The van der Waals surface area contributed by atoms with Crippen LogP contribution in [-0.2, 0) is 14.8 Å². The van der Waals surface area contributed by atoms with E-state index in [0.717, 1.165) is 10.5 Å². The summed E-state index contributed by atoms with van der Waals surface area (Å²) in [5.74, 6) is 0. The first-order valence-electron chi connectivity index (χ1n) is 8.98. The lowest BCUT2D eigenvalue weighted by molar-refractivity contribution is 0.00913. The monoisotopic (exact) mass is 426 g/mol. The molecule has 1 aliphatic rings. The lowest BCUT2D eigenvalue weighted by Crippen LogP contribution is -2.57. The van der Waals surface area contributed by atoms with Gasteiger partial charge in [-0.25, -0.2) is 14.4 Å². The van der Waals surface area contributed by atoms with Crippen LogP contribution in [0.5, 0.6) is 0 Å². The molecule has 1 aromatic rings. The van der Waals surface area contributed by atoms with Gasteiger partial charge >= 0.3 is 12.2 Å². The Hall–Kier alpha value is -2.82. The van der Waals surface area contributed by atoms with Crippen LogP contribution in [0.25, 0.3) is 0 Å². The molecule has 2 amide bonds. The number of carbonyl (C=O) groups is 2. The van der Waals surface area contributed by atoms with Gasteiger partial charge in [-0.1, -0.05) is 17.7 Å². The Balaban J connectivity index is 2.15. The fourth-order valence-electron chi connectivity index (χ4n) is 2.61. The Labute approximate surface area is 170 Å². The molecule has 0 aliphatic carbocycles. The Morgan fingerprint density at radius 3 is 2.41 bits per heavy atom. The van der Waals surface area contributed by atoms with Gasteiger partial charge in [0.15, 0.2) is 0 Å². The smallest absolute Gasteiger partial charge is 0.410 e. The van der Waals surface area contributed by atoms with E-state index in [2.05, 4.69) is 9.93 Å². The molecule has 0 bridgehead atoms. The predicted octanol–water partition coefficient (Wildman–Crippen LogP) is 1.86. The summed E-state index contributed by atoms with van der Waals surface area (Å²) in [6.07, 6.45) is -0.557. The van der Waals surface area contributed by atoms with Crippen molar-refractivity contribution >= 4 is 28.4 Å². The molecule has 1 unspecified atom stereocenters. The van der Waals surface area contributed by atoms with Crippen molar-refractivity contribution in [2.24, 2.45) is 5.10 Å². The largest absolute Gasteiger partial charge is 0.465 e. The number of amides is 2. The Bertz CT molecular complexity index is 877. The zero-order chi connectivity index (χ0) is 21.8. The molecule has 29 heavy (non-hydrogen) atoms. The third-order valence-electron chi connectivity index (χ3n) is 4.07. The highest BCUT2D eigenvalue weighted by molar-refractivity contribution is 7.89. The van der Waals surface area contributed by atoms with Crippen molar-refractivity contribution < 1.29 is 27.9 Å². The summed E-state index contributed by atoms with van der Waals surface area (Å²) in [6.45, 7) is 7.16. The van der Waals surface area contributed by atoms with Gasteiger partial charge < -0.3 is 14.7 Å². The Kier molecular flexibility index (Phi) is 6.73. The third-order valence-corrected chi connectivity index (χ3v) is 5.31. The van der Waals surface area contributed by atoms with Crippen molar-refractivity contribution in [1.29, 1.82) is 0 Å². The molecule has 1 aliphatic heterocycles. The molecule has 2 rings (SSSR count). The second-order valence-corrected chi connectivity index (χ2v) is 9.32. The number of ether oxygens (including phenoxy) is 1. The van der Waals surface area contributed by atoms with Crippen LogP contribution in [0.1, 0.15) is 26.3 Å². The summed E-state index contributed by atoms with van der Waals surface area (Å²) in [5, 5.41) is 13.0. The van der Waals surface area contributed by atoms with Crippen LogP contribution < -0.4 is 4.83 Å². The molecule has 2 N–H and O–H groups in total. The zero-order valence-electron chi connectivity index (χ0n) is 16.8. The maximum atomic E-state index is 12.5. The van der Waals surface area contributed by atoms with Crippen LogP contribution in [0.2, 0.25) is 0 Å². The van der Waals surface area contributed by atoms with Crippen molar-refractivity contribution in [2.45, 2.75) is 44.2 Å². The molecular weight excluding hydrogens is 400 g/mol. The van der Waals surface area contributed by atoms with Gasteiger partial charge in [0.2, 0.25) is 0 Å². The van der Waals surface area contributed by atoms with Crippen LogP contribution in [0.4, 0.5) is 9.59 Å². The maximum absolute atomic E-state index is 12.5. The normalized spacial score (nSPS) is 18.0. The quantitative estimate of drug-likeness (QED) is 0.559. The number of carbonyl (C=O) groups excluding carboxylic acids is 1. The van der Waals surface area contributed by atoms with E-state index in [4.69, 9.17) is 4.74 Å². The van der Waals surface area contributed by atoms with E-state index in [0.29, 0.717) is 0 Å². The van der Waals surface area contributed by atoms with Gasteiger partial charge in [-0.2, -0.15) is 13.5 Å². The molecule has 1 aromatic carbocycles. The summed E-state index contributed by atoms with van der Waals surface area (Å²) < 4.78 is 30.0. The van der Waals surface area contributed by atoms with Gasteiger partial charge in [0.1, 0.15) is 5.60 Å². The highest BCUT2D eigenvalue weighted by atomic mass is 32.2. The zero-order valence-corrected chi connectivity index (χ0v) is 17.6. The number of sulfonamides is 1. The molecule has 160 valence electrons. The van der Waals surface area contributed by atoms with Gasteiger partial charge in [-0.3, -0.25) is 4.90 Å². The molecule has 0 spiro atoms. The fraction of sp³-hybridized carbons (Fsp3) is 0.500. The number of hydrogen-bond acceptors (Lipinski definition) is 6. The number of nitrogens with zero attached hydrogens (tertiary/aromatic N) is 3. The Morgan fingerprint density at radius 1 is 1.24 bits per heavy atom. The number of hydrogen-bond donors (Lipinski definition) is 2. The van der Waals surface area contributed by atoms with Crippen molar-refractivity contribution in [3.05, 3.63) is 29.8 Å². The molecule has 0 radical (unpaired) electrons. The summed E-state index contributed by atoms with van der Waals surface area (Å²) in [4.78, 5) is 28.3. The first kappa shape index (κ1) is 22.5. The number of carboxylic acid groups (broad SMARTS) is 1. The van der Waals surface area contributed by atoms with Crippen molar-refractivity contribution in [3.8, 4) is 0 Å². The number of aryl methyl sites for hydroxylation is 1. The van der Waals surface area contributed by atoms with Gasteiger partial charge in [-0.05, 0) is 39.8 Å². The molecule has 0 aromatic heterocycles. The number of nitrogens with one attached hydrogen (secondary N) is 1. The SMILES string of the molecule is Cc1ccc(S(=O)(=O)NN=CC2CN(C(=O)O)CCN2C(=O)OC(C)(C)C)cc1. The second kappa shape index (κ2) is 8.68. The van der Waals surface area contributed by atoms with E-state index in [1.165, 1.54) is 23.2 Å². The average Bonchev–Trinajstić information content (AvgIpc) is 2.60. The van der Waals surface area contributed by atoms with Crippen LogP contribution in [-0.4, -0.2) is 73.0 Å².